The van der Waals surface area contributed by atoms with Crippen LogP contribution in [0.5, 0.6) is 0 Å². The minimum absolute atomic E-state index is 0.587. The van der Waals surface area contributed by atoms with Crippen molar-refractivity contribution < 1.29 is 0 Å². The van der Waals surface area contributed by atoms with Crippen LogP contribution in [0.2, 0.25) is 0 Å². The third-order valence-electron chi connectivity index (χ3n) is 6.40. The fraction of sp³-hybridized carbons (Fsp3) is 0.875. The van der Waals surface area contributed by atoms with Crippen molar-refractivity contribution in [3.8, 4) is 0 Å². The molecule has 108 valence electrons. The van der Waals surface area contributed by atoms with Gasteiger partial charge in [0.2, 0.25) is 0 Å². The molecule has 4 fully saturated rings. The molecule has 4 heteroatoms. The predicted octanol–water partition coefficient (Wildman–Crippen LogP) is 2.14. The average Bonchev–Trinajstić information content (AvgIpc) is 2.80. The average molecular weight is 272 g/mol. The molecule has 4 aliphatic carbocycles. The molecule has 1 aromatic rings. The van der Waals surface area contributed by atoms with Crippen LogP contribution in [0.1, 0.15) is 50.2 Å². The highest BCUT2D eigenvalue weighted by Crippen LogP contribution is 2.60. The summed E-state index contributed by atoms with van der Waals surface area (Å²) in [6.07, 6.45) is 10.2. The predicted molar refractivity (Wildman–Crippen MR) is 76.0 cm³/mol. The van der Waals surface area contributed by atoms with E-state index in [9.17, 15) is 0 Å². The zero-order valence-corrected chi connectivity index (χ0v) is 12.1. The van der Waals surface area contributed by atoms with E-state index in [0.717, 1.165) is 43.2 Å². The van der Waals surface area contributed by atoms with E-state index in [-0.39, 0.29) is 0 Å². The van der Waals surface area contributed by atoms with Gasteiger partial charge in [0.15, 0.2) is 0 Å². The van der Waals surface area contributed by atoms with Gasteiger partial charge in [-0.1, -0.05) is 0 Å². The first-order chi connectivity index (χ1) is 9.80. The fourth-order valence-corrected chi connectivity index (χ4v) is 6.13. The SMILES string of the molecule is C1Cn2c(nnc2CC23CC4CC(CC(C4)C2)C3)CN1. The van der Waals surface area contributed by atoms with E-state index in [1.165, 1.54) is 50.8 Å². The molecule has 1 aromatic heterocycles. The third-order valence-corrected chi connectivity index (χ3v) is 6.40. The van der Waals surface area contributed by atoms with Crippen LogP contribution >= 0.6 is 0 Å². The molecule has 0 saturated heterocycles. The normalized spacial score (nSPS) is 41.9. The smallest absolute Gasteiger partial charge is 0.147 e. The second kappa shape index (κ2) is 4.06. The van der Waals surface area contributed by atoms with Gasteiger partial charge in [0.05, 0.1) is 6.54 Å². The summed E-state index contributed by atoms with van der Waals surface area (Å²) < 4.78 is 2.40. The van der Waals surface area contributed by atoms with Crippen molar-refractivity contribution in [3.63, 3.8) is 0 Å². The van der Waals surface area contributed by atoms with Crippen molar-refractivity contribution in [2.75, 3.05) is 6.54 Å². The summed E-state index contributed by atoms with van der Waals surface area (Å²) in [6.45, 7) is 3.02. The Bertz CT molecular complexity index is 497. The van der Waals surface area contributed by atoms with Crippen molar-refractivity contribution >= 4 is 0 Å². The molecule has 0 unspecified atom stereocenters. The lowest BCUT2D eigenvalue weighted by molar-refractivity contribution is -0.0536. The Labute approximate surface area is 120 Å². The number of rotatable bonds is 2. The number of aromatic nitrogens is 3. The van der Waals surface area contributed by atoms with Gasteiger partial charge in [-0.2, -0.15) is 0 Å². The van der Waals surface area contributed by atoms with Gasteiger partial charge in [-0.3, -0.25) is 0 Å². The van der Waals surface area contributed by atoms with Crippen LogP contribution in [-0.4, -0.2) is 21.3 Å². The molecular formula is C16H24N4. The molecular weight excluding hydrogens is 248 g/mol. The standard InChI is InChI=1S/C16H24N4/c1-2-20-14(18-19-15(20)10-17-1)9-16-6-11-3-12(7-16)5-13(4-11)8-16/h11-13,17H,1-10H2. The lowest BCUT2D eigenvalue weighted by Gasteiger charge is -2.56. The summed E-state index contributed by atoms with van der Waals surface area (Å²) in [5.74, 6) is 5.53. The number of hydrogen-bond donors (Lipinski definition) is 1. The van der Waals surface area contributed by atoms with E-state index in [1.807, 2.05) is 0 Å². The van der Waals surface area contributed by atoms with Crippen LogP contribution < -0.4 is 5.32 Å². The largest absolute Gasteiger partial charge is 0.313 e. The van der Waals surface area contributed by atoms with Gasteiger partial charge in [0.1, 0.15) is 11.6 Å². The Hall–Kier alpha value is -0.900. The Morgan fingerprint density at radius 3 is 2.45 bits per heavy atom. The zero-order valence-electron chi connectivity index (χ0n) is 12.1. The van der Waals surface area contributed by atoms with Gasteiger partial charge in [-0.05, 0) is 61.7 Å². The number of nitrogens with one attached hydrogen (secondary N) is 1. The van der Waals surface area contributed by atoms with E-state index >= 15 is 0 Å². The molecule has 6 rings (SSSR count). The van der Waals surface area contributed by atoms with Crippen LogP contribution in [-0.2, 0) is 19.5 Å². The van der Waals surface area contributed by atoms with Gasteiger partial charge in [-0.15, -0.1) is 10.2 Å². The molecule has 1 aliphatic heterocycles. The van der Waals surface area contributed by atoms with Crippen LogP contribution in [0.25, 0.3) is 0 Å². The summed E-state index contributed by atoms with van der Waals surface area (Å²) >= 11 is 0. The molecule has 5 aliphatic rings. The van der Waals surface area contributed by atoms with Gasteiger partial charge >= 0.3 is 0 Å². The van der Waals surface area contributed by atoms with Gasteiger partial charge in [0.25, 0.3) is 0 Å². The first kappa shape index (κ1) is 11.7. The monoisotopic (exact) mass is 272 g/mol. The van der Waals surface area contributed by atoms with Crippen molar-refractivity contribution in [2.45, 2.75) is 58.0 Å². The Kier molecular flexibility index (Phi) is 2.38. The second-order valence-corrected chi connectivity index (χ2v) is 7.96. The molecule has 4 bridgehead atoms. The highest BCUT2D eigenvalue weighted by Gasteiger charge is 2.51. The number of hydrogen-bond acceptors (Lipinski definition) is 3. The van der Waals surface area contributed by atoms with Crippen LogP contribution in [0.3, 0.4) is 0 Å². The topological polar surface area (TPSA) is 42.7 Å². The fourth-order valence-electron chi connectivity index (χ4n) is 6.13. The van der Waals surface area contributed by atoms with Gasteiger partial charge < -0.3 is 9.88 Å². The summed E-state index contributed by atoms with van der Waals surface area (Å²) in [7, 11) is 0. The summed E-state index contributed by atoms with van der Waals surface area (Å²) in [4.78, 5) is 0. The van der Waals surface area contributed by atoms with Gasteiger partial charge in [-0.25, -0.2) is 0 Å². The Morgan fingerprint density at radius 1 is 1.05 bits per heavy atom. The molecule has 0 amide bonds. The molecule has 4 saturated carbocycles. The van der Waals surface area contributed by atoms with Crippen molar-refractivity contribution in [2.24, 2.45) is 23.2 Å². The first-order valence-corrected chi connectivity index (χ1v) is 8.41. The number of nitrogens with zero attached hydrogens (tertiary/aromatic N) is 3. The maximum atomic E-state index is 4.55. The third kappa shape index (κ3) is 1.70. The molecule has 0 radical (unpaired) electrons. The van der Waals surface area contributed by atoms with Crippen LogP contribution in [0, 0.1) is 23.2 Å². The second-order valence-electron chi connectivity index (χ2n) is 7.96. The van der Waals surface area contributed by atoms with Gasteiger partial charge in [0, 0.05) is 19.5 Å². The summed E-state index contributed by atoms with van der Waals surface area (Å²) in [5, 5.41) is 12.3. The van der Waals surface area contributed by atoms with Crippen molar-refractivity contribution in [1.29, 1.82) is 0 Å². The van der Waals surface area contributed by atoms with Crippen LogP contribution in [0.15, 0.2) is 0 Å². The molecule has 1 N–H and O–H groups in total. The molecule has 0 aromatic carbocycles. The first-order valence-electron chi connectivity index (χ1n) is 8.41. The summed E-state index contributed by atoms with van der Waals surface area (Å²) in [6, 6.07) is 0. The lowest BCUT2D eigenvalue weighted by atomic mass is 9.49. The Balaban J connectivity index is 1.45. The van der Waals surface area contributed by atoms with E-state index < -0.39 is 0 Å². The lowest BCUT2D eigenvalue weighted by Crippen LogP contribution is -2.47. The summed E-state index contributed by atoms with van der Waals surface area (Å²) in [5.41, 5.74) is 0.587. The van der Waals surface area contributed by atoms with Crippen LogP contribution in [0.4, 0.5) is 0 Å². The van der Waals surface area contributed by atoms with E-state index in [1.54, 1.807) is 0 Å². The molecule has 4 nitrogen and oxygen atoms in total. The highest BCUT2D eigenvalue weighted by atomic mass is 15.3. The maximum Gasteiger partial charge on any atom is 0.147 e. The quantitative estimate of drug-likeness (QED) is 0.897. The minimum atomic E-state index is 0.587. The molecule has 20 heavy (non-hydrogen) atoms. The molecule has 0 atom stereocenters. The highest BCUT2D eigenvalue weighted by molar-refractivity contribution is 5.08. The maximum absolute atomic E-state index is 4.55. The van der Waals surface area contributed by atoms with Crippen molar-refractivity contribution in [3.05, 3.63) is 11.6 Å². The Morgan fingerprint density at radius 2 is 1.75 bits per heavy atom. The number of fused-ring (bicyclic) bond motifs is 1. The molecule has 2 heterocycles. The van der Waals surface area contributed by atoms with Crippen molar-refractivity contribution in [1.82, 2.24) is 20.1 Å². The van der Waals surface area contributed by atoms with E-state index in [2.05, 4.69) is 20.1 Å². The minimum Gasteiger partial charge on any atom is -0.313 e. The van der Waals surface area contributed by atoms with E-state index in [4.69, 9.17) is 0 Å². The molecule has 0 spiro atoms. The van der Waals surface area contributed by atoms with E-state index in [0.29, 0.717) is 5.41 Å². The zero-order chi connectivity index (χ0) is 13.2.